The fourth-order valence-electron chi connectivity index (χ4n) is 3.37. The molecule has 0 N–H and O–H groups in total. The third-order valence-electron chi connectivity index (χ3n) is 5.09. The van der Waals surface area contributed by atoms with Crippen LogP contribution in [-0.2, 0) is 16.1 Å². The number of hydrogen-bond acceptors (Lipinski definition) is 6. The SMILES string of the molecule is Cc1ccc2c(c1)C(=O)N(C(C)COC1SC(=O)N(Cc3ccccc3)C1=O)CO2. The third-order valence-corrected chi connectivity index (χ3v) is 6.06. The molecule has 0 spiro atoms. The van der Waals surface area contributed by atoms with E-state index in [1.807, 2.05) is 50.2 Å². The summed E-state index contributed by atoms with van der Waals surface area (Å²) in [5.41, 5.74) is 1.46. The maximum absolute atomic E-state index is 12.8. The molecule has 0 radical (unpaired) electrons. The van der Waals surface area contributed by atoms with Crippen LogP contribution in [0.2, 0.25) is 0 Å². The summed E-state index contributed by atoms with van der Waals surface area (Å²) in [5, 5.41) is -0.330. The molecule has 2 atom stereocenters. The summed E-state index contributed by atoms with van der Waals surface area (Å²) in [6, 6.07) is 14.5. The molecule has 2 unspecified atom stereocenters. The zero-order chi connectivity index (χ0) is 21.3. The summed E-state index contributed by atoms with van der Waals surface area (Å²) in [6.07, 6.45) is 0. The maximum Gasteiger partial charge on any atom is 0.291 e. The van der Waals surface area contributed by atoms with E-state index in [9.17, 15) is 14.4 Å². The Balaban J connectivity index is 1.36. The number of nitrogens with zero attached hydrogens (tertiary/aromatic N) is 2. The topological polar surface area (TPSA) is 76.2 Å². The van der Waals surface area contributed by atoms with E-state index in [0.29, 0.717) is 11.3 Å². The van der Waals surface area contributed by atoms with Gasteiger partial charge in [-0.25, -0.2) is 0 Å². The summed E-state index contributed by atoms with van der Waals surface area (Å²) < 4.78 is 11.4. The third kappa shape index (κ3) is 4.06. The van der Waals surface area contributed by atoms with Crippen LogP contribution >= 0.6 is 11.8 Å². The highest BCUT2D eigenvalue weighted by Gasteiger charge is 2.41. The van der Waals surface area contributed by atoms with Crippen molar-refractivity contribution in [2.75, 3.05) is 13.3 Å². The van der Waals surface area contributed by atoms with Crippen LogP contribution in [0.1, 0.15) is 28.4 Å². The first-order chi connectivity index (χ1) is 14.4. The van der Waals surface area contributed by atoms with E-state index >= 15 is 0 Å². The van der Waals surface area contributed by atoms with Gasteiger partial charge in [0.05, 0.1) is 24.8 Å². The number of ether oxygens (including phenoxy) is 2. The molecule has 2 heterocycles. The van der Waals surface area contributed by atoms with Gasteiger partial charge in [-0.15, -0.1) is 0 Å². The van der Waals surface area contributed by atoms with E-state index in [2.05, 4.69) is 0 Å². The zero-order valence-corrected chi connectivity index (χ0v) is 17.6. The number of carbonyl (C=O) groups is 3. The van der Waals surface area contributed by atoms with Crippen LogP contribution in [0.5, 0.6) is 5.75 Å². The minimum Gasteiger partial charge on any atom is -0.472 e. The van der Waals surface area contributed by atoms with E-state index < -0.39 is 5.44 Å². The number of amides is 3. The first-order valence-electron chi connectivity index (χ1n) is 9.66. The van der Waals surface area contributed by atoms with E-state index in [-0.39, 0.29) is 43.0 Å². The van der Waals surface area contributed by atoms with Crippen molar-refractivity contribution in [1.82, 2.24) is 9.80 Å². The van der Waals surface area contributed by atoms with Crippen LogP contribution in [0.4, 0.5) is 4.79 Å². The predicted molar refractivity (Wildman–Crippen MR) is 112 cm³/mol. The Morgan fingerprint density at radius 2 is 1.93 bits per heavy atom. The molecule has 0 aliphatic carbocycles. The molecule has 0 aromatic heterocycles. The van der Waals surface area contributed by atoms with Gasteiger partial charge in [0.15, 0.2) is 12.2 Å². The molecule has 2 aliphatic heterocycles. The van der Waals surface area contributed by atoms with Gasteiger partial charge < -0.3 is 14.4 Å². The van der Waals surface area contributed by atoms with Crippen LogP contribution in [-0.4, -0.2) is 51.7 Å². The Bertz CT molecular complexity index is 981. The van der Waals surface area contributed by atoms with Gasteiger partial charge in [-0.3, -0.25) is 19.3 Å². The Labute approximate surface area is 178 Å². The van der Waals surface area contributed by atoms with Crippen LogP contribution in [0.3, 0.4) is 0 Å². The molecule has 2 aromatic rings. The van der Waals surface area contributed by atoms with Gasteiger partial charge in [0.2, 0.25) is 0 Å². The van der Waals surface area contributed by atoms with Crippen molar-refractivity contribution in [3.63, 3.8) is 0 Å². The van der Waals surface area contributed by atoms with Crippen molar-refractivity contribution in [3.05, 3.63) is 65.2 Å². The van der Waals surface area contributed by atoms with E-state index in [0.717, 1.165) is 22.9 Å². The van der Waals surface area contributed by atoms with Crippen LogP contribution in [0.15, 0.2) is 48.5 Å². The number of hydrogen-bond donors (Lipinski definition) is 0. The van der Waals surface area contributed by atoms with Crippen LogP contribution < -0.4 is 4.74 Å². The van der Waals surface area contributed by atoms with Crippen molar-refractivity contribution in [1.29, 1.82) is 0 Å². The molecule has 0 saturated carbocycles. The van der Waals surface area contributed by atoms with Crippen molar-refractivity contribution < 1.29 is 23.9 Å². The summed E-state index contributed by atoms with van der Waals surface area (Å²) >= 11 is 0.862. The monoisotopic (exact) mass is 426 g/mol. The van der Waals surface area contributed by atoms with Crippen LogP contribution in [0.25, 0.3) is 0 Å². The smallest absolute Gasteiger partial charge is 0.291 e. The lowest BCUT2D eigenvalue weighted by atomic mass is 10.1. The lowest BCUT2D eigenvalue weighted by molar-refractivity contribution is -0.134. The minimum atomic E-state index is -0.904. The van der Waals surface area contributed by atoms with Crippen molar-refractivity contribution in [2.24, 2.45) is 0 Å². The molecule has 156 valence electrons. The van der Waals surface area contributed by atoms with E-state index in [1.54, 1.807) is 17.0 Å². The molecule has 2 aromatic carbocycles. The molecule has 0 bridgehead atoms. The normalized spacial score (nSPS) is 19.7. The lowest BCUT2D eigenvalue weighted by Crippen LogP contribution is -2.46. The van der Waals surface area contributed by atoms with Crippen molar-refractivity contribution in [3.8, 4) is 5.75 Å². The maximum atomic E-state index is 12.8. The largest absolute Gasteiger partial charge is 0.472 e. The number of carbonyl (C=O) groups excluding carboxylic acids is 3. The fourth-order valence-corrected chi connectivity index (χ4v) is 4.21. The number of imide groups is 1. The van der Waals surface area contributed by atoms with Crippen molar-refractivity contribution >= 4 is 28.8 Å². The molecule has 8 heteroatoms. The molecule has 30 heavy (non-hydrogen) atoms. The highest BCUT2D eigenvalue weighted by molar-refractivity contribution is 8.15. The number of benzene rings is 2. The van der Waals surface area contributed by atoms with E-state index in [1.165, 1.54) is 4.90 Å². The average Bonchev–Trinajstić information content (AvgIpc) is 3.01. The lowest BCUT2D eigenvalue weighted by Gasteiger charge is -2.33. The highest BCUT2D eigenvalue weighted by Crippen LogP contribution is 2.30. The highest BCUT2D eigenvalue weighted by atomic mass is 32.2. The molecular formula is C22H22N2O5S. The summed E-state index contributed by atoms with van der Waals surface area (Å²) in [6.45, 7) is 4.20. The Morgan fingerprint density at radius 1 is 1.17 bits per heavy atom. The molecule has 7 nitrogen and oxygen atoms in total. The molecule has 3 amide bonds. The second-order valence-corrected chi connectivity index (χ2v) is 8.37. The summed E-state index contributed by atoms with van der Waals surface area (Å²) in [5.74, 6) is 0.0603. The van der Waals surface area contributed by atoms with Gasteiger partial charge in [-0.05, 0) is 43.3 Å². The van der Waals surface area contributed by atoms with E-state index in [4.69, 9.17) is 9.47 Å². The molecule has 2 aliphatic rings. The van der Waals surface area contributed by atoms with Gasteiger partial charge in [0.25, 0.3) is 17.1 Å². The first-order valence-corrected chi connectivity index (χ1v) is 10.5. The molecule has 1 fully saturated rings. The summed E-state index contributed by atoms with van der Waals surface area (Å²) in [4.78, 5) is 40.5. The van der Waals surface area contributed by atoms with Gasteiger partial charge in [0, 0.05) is 0 Å². The predicted octanol–water partition coefficient (Wildman–Crippen LogP) is 3.41. The van der Waals surface area contributed by atoms with Gasteiger partial charge in [-0.1, -0.05) is 42.0 Å². The minimum absolute atomic E-state index is 0.115. The Kier molecular flexibility index (Phi) is 5.78. The van der Waals surface area contributed by atoms with Gasteiger partial charge in [-0.2, -0.15) is 0 Å². The molecule has 4 rings (SSSR count). The zero-order valence-electron chi connectivity index (χ0n) is 16.7. The first kappa shape index (κ1) is 20.4. The number of rotatable bonds is 6. The standard InChI is InChI=1S/C22H22N2O5S/c1-14-8-9-18-17(10-14)19(25)24(13-29-18)15(2)12-28-21-20(26)23(22(27)30-21)11-16-6-4-3-5-7-16/h3-10,15,21H,11-13H2,1-2H3. The second-order valence-electron chi connectivity index (χ2n) is 7.36. The Hall–Kier alpha value is -2.84. The molecular weight excluding hydrogens is 404 g/mol. The number of aryl methyl sites for hydroxylation is 1. The van der Waals surface area contributed by atoms with Crippen LogP contribution in [0, 0.1) is 6.92 Å². The second kappa shape index (κ2) is 8.49. The number of thioether (sulfide) groups is 1. The quantitative estimate of drug-likeness (QED) is 0.705. The average molecular weight is 426 g/mol. The van der Waals surface area contributed by atoms with Gasteiger partial charge >= 0.3 is 0 Å². The van der Waals surface area contributed by atoms with Crippen molar-refractivity contribution in [2.45, 2.75) is 31.9 Å². The number of fused-ring (bicyclic) bond motifs is 1. The Morgan fingerprint density at radius 3 is 2.70 bits per heavy atom. The fraction of sp³-hybridized carbons (Fsp3) is 0.318. The molecule has 1 saturated heterocycles. The summed E-state index contributed by atoms with van der Waals surface area (Å²) in [7, 11) is 0. The van der Waals surface area contributed by atoms with Gasteiger partial charge in [0.1, 0.15) is 5.75 Å².